The van der Waals surface area contributed by atoms with Crippen molar-refractivity contribution in [1.82, 2.24) is 10.6 Å². The van der Waals surface area contributed by atoms with E-state index in [1.807, 2.05) is 0 Å². The average Bonchev–Trinajstić information content (AvgIpc) is 3.25. The molecule has 0 aromatic rings. The van der Waals surface area contributed by atoms with Crippen molar-refractivity contribution in [3.63, 3.8) is 0 Å². The Kier molecular flexibility index (Phi) is 9.04. The lowest BCUT2D eigenvalue weighted by Gasteiger charge is -2.17. The van der Waals surface area contributed by atoms with E-state index in [1.165, 1.54) is 0 Å². The van der Waals surface area contributed by atoms with Gasteiger partial charge in [-0.15, -0.1) is 0 Å². The molecular weight excluding hydrogens is 396 g/mol. The first-order valence-corrected chi connectivity index (χ1v) is 10.4. The molecule has 0 aromatic heterocycles. The Balaban J connectivity index is 1.69. The third kappa shape index (κ3) is 6.94. The molecule has 2 amide bonds. The number of hydrogen-bond donors (Lipinski definition) is 2. The first kappa shape index (κ1) is 24.1. The van der Waals surface area contributed by atoms with Crippen LogP contribution in [0.2, 0.25) is 0 Å². The van der Waals surface area contributed by atoms with Crippen LogP contribution < -0.4 is 10.6 Å². The molecule has 10 heteroatoms. The molecule has 2 saturated heterocycles. The number of nitrogens with one attached hydrogen (secondary N) is 2. The summed E-state index contributed by atoms with van der Waals surface area (Å²) in [5.74, 6) is -1.47. The zero-order valence-electron chi connectivity index (χ0n) is 18.0. The highest BCUT2D eigenvalue weighted by Gasteiger charge is 2.51. The molecule has 170 valence electrons. The Hall–Kier alpha value is -2.20. The predicted molar refractivity (Wildman–Crippen MR) is 104 cm³/mol. The number of ether oxygens (including phenoxy) is 4. The fraction of sp³-hybridized carbons (Fsp3) is 0.800. The normalized spacial score (nSPS) is 25.1. The molecule has 0 spiro atoms. The molecule has 0 saturated carbocycles. The third-order valence-corrected chi connectivity index (χ3v) is 4.83. The van der Waals surface area contributed by atoms with Gasteiger partial charge in [0.15, 0.2) is 12.2 Å². The Bertz CT molecular complexity index is 582. The van der Waals surface area contributed by atoms with Crippen molar-refractivity contribution >= 4 is 23.8 Å². The van der Waals surface area contributed by atoms with Gasteiger partial charge in [-0.25, -0.2) is 0 Å². The van der Waals surface area contributed by atoms with E-state index < -0.39 is 36.4 Å². The zero-order chi connectivity index (χ0) is 22.3. The molecule has 0 bridgehead atoms. The van der Waals surface area contributed by atoms with Crippen LogP contribution in [0.15, 0.2) is 0 Å². The van der Waals surface area contributed by atoms with Gasteiger partial charge in [0.2, 0.25) is 11.8 Å². The highest BCUT2D eigenvalue weighted by molar-refractivity contribution is 5.79. The van der Waals surface area contributed by atoms with Gasteiger partial charge in [0, 0.05) is 24.9 Å². The lowest BCUT2D eigenvalue weighted by atomic mass is 10.1. The number of carbonyl (C=O) groups excluding carboxylic acids is 4. The summed E-state index contributed by atoms with van der Waals surface area (Å²) in [6.45, 7) is 7.78. The number of fused-ring (bicyclic) bond motifs is 1. The number of amides is 2. The Morgan fingerprint density at radius 2 is 1.13 bits per heavy atom. The second-order valence-electron chi connectivity index (χ2n) is 8.04. The molecule has 2 aliphatic rings. The monoisotopic (exact) mass is 428 g/mol. The molecule has 0 unspecified atom stereocenters. The minimum atomic E-state index is -0.586. The van der Waals surface area contributed by atoms with Crippen molar-refractivity contribution in [2.75, 3.05) is 26.3 Å². The third-order valence-electron chi connectivity index (χ3n) is 4.83. The van der Waals surface area contributed by atoms with Crippen molar-refractivity contribution in [3.05, 3.63) is 0 Å². The first-order valence-electron chi connectivity index (χ1n) is 10.4. The van der Waals surface area contributed by atoms with Crippen molar-refractivity contribution in [2.24, 2.45) is 11.8 Å². The van der Waals surface area contributed by atoms with Gasteiger partial charge in [-0.05, 0) is 0 Å². The van der Waals surface area contributed by atoms with Crippen LogP contribution in [0, 0.1) is 11.8 Å². The molecular formula is C20H32N2O8. The van der Waals surface area contributed by atoms with Gasteiger partial charge in [0.1, 0.15) is 12.2 Å². The van der Waals surface area contributed by atoms with Gasteiger partial charge in [-0.3, -0.25) is 19.2 Å². The molecule has 0 radical (unpaired) electrons. The van der Waals surface area contributed by atoms with Crippen LogP contribution in [0.1, 0.15) is 40.5 Å². The SMILES string of the molecule is CC(C)C(=O)NCCC(=O)O[C@H]1CO[C@H]2[C@@H]1OC[C@@H]2OC(=O)CCNC(=O)C(C)C. The Morgan fingerprint density at radius 3 is 1.47 bits per heavy atom. The van der Waals surface area contributed by atoms with Gasteiger partial charge < -0.3 is 29.6 Å². The summed E-state index contributed by atoms with van der Waals surface area (Å²) in [4.78, 5) is 47.0. The molecule has 2 rings (SSSR count). The second kappa shape index (κ2) is 11.3. The van der Waals surface area contributed by atoms with Crippen LogP contribution in [-0.2, 0) is 38.1 Å². The quantitative estimate of drug-likeness (QED) is 0.463. The van der Waals surface area contributed by atoms with E-state index in [4.69, 9.17) is 18.9 Å². The van der Waals surface area contributed by atoms with Crippen molar-refractivity contribution < 1.29 is 38.1 Å². The summed E-state index contributed by atoms with van der Waals surface area (Å²) in [6, 6.07) is 0. The maximum absolute atomic E-state index is 12.0. The molecule has 2 N–H and O–H groups in total. The molecule has 2 aliphatic heterocycles. The van der Waals surface area contributed by atoms with E-state index in [0.717, 1.165) is 0 Å². The summed E-state index contributed by atoms with van der Waals surface area (Å²) >= 11 is 0. The molecule has 2 heterocycles. The van der Waals surface area contributed by atoms with Crippen molar-refractivity contribution in [3.8, 4) is 0 Å². The smallest absolute Gasteiger partial charge is 0.308 e. The largest absolute Gasteiger partial charge is 0.457 e. The van der Waals surface area contributed by atoms with Crippen LogP contribution in [-0.4, -0.2) is 74.5 Å². The van der Waals surface area contributed by atoms with E-state index in [1.54, 1.807) is 27.7 Å². The van der Waals surface area contributed by atoms with E-state index in [9.17, 15) is 19.2 Å². The molecule has 0 aromatic carbocycles. The lowest BCUT2D eigenvalue weighted by Crippen LogP contribution is -2.37. The van der Waals surface area contributed by atoms with Gasteiger partial charge in [-0.1, -0.05) is 27.7 Å². The fourth-order valence-electron chi connectivity index (χ4n) is 3.07. The van der Waals surface area contributed by atoms with Crippen LogP contribution in [0.5, 0.6) is 0 Å². The van der Waals surface area contributed by atoms with Crippen LogP contribution in [0.4, 0.5) is 0 Å². The van der Waals surface area contributed by atoms with E-state index in [2.05, 4.69) is 10.6 Å². The van der Waals surface area contributed by atoms with E-state index in [-0.39, 0.29) is 62.8 Å². The number of hydrogen-bond acceptors (Lipinski definition) is 8. The fourth-order valence-corrected chi connectivity index (χ4v) is 3.07. The highest BCUT2D eigenvalue weighted by atomic mass is 16.7. The minimum Gasteiger partial charge on any atom is -0.457 e. The van der Waals surface area contributed by atoms with Gasteiger partial charge in [0.05, 0.1) is 26.1 Å². The van der Waals surface area contributed by atoms with Crippen LogP contribution in [0.25, 0.3) is 0 Å². The molecule has 10 nitrogen and oxygen atoms in total. The summed E-state index contributed by atoms with van der Waals surface area (Å²) in [6.07, 6.45) is -2.08. The summed E-state index contributed by atoms with van der Waals surface area (Å²) < 4.78 is 22.1. The standard InChI is InChI=1S/C20H32N2O8/c1-11(2)19(25)21-7-5-15(23)29-13-9-27-18-14(10-28-17(13)18)30-16(24)6-8-22-20(26)12(3)4/h11-14,17-18H,5-10H2,1-4H3,(H,21,25)(H,22,26)/t13-,14-,17+,18+/m0/s1. The maximum atomic E-state index is 12.0. The summed E-state index contributed by atoms with van der Waals surface area (Å²) in [7, 11) is 0. The zero-order valence-corrected chi connectivity index (χ0v) is 18.0. The minimum absolute atomic E-state index is 0.0485. The molecule has 30 heavy (non-hydrogen) atoms. The number of esters is 2. The first-order chi connectivity index (χ1) is 14.2. The highest BCUT2D eigenvalue weighted by Crippen LogP contribution is 2.30. The molecule has 0 aliphatic carbocycles. The van der Waals surface area contributed by atoms with Crippen molar-refractivity contribution in [2.45, 2.75) is 65.0 Å². The molecule has 2 fully saturated rings. The number of rotatable bonds is 10. The summed E-state index contributed by atoms with van der Waals surface area (Å²) in [5, 5.41) is 5.31. The maximum Gasteiger partial charge on any atom is 0.308 e. The molecule has 4 atom stereocenters. The second-order valence-corrected chi connectivity index (χ2v) is 8.04. The van der Waals surface area contributed by atoms with Gasteiger partial charge >= 0.3 is 11.9 Å². The Morgan fingerprint density at radius 1 is 0.767 bits per heavy atom. The van der Waals surface area contributed by atoms with Gasteiger partial charge in [0.25, 0.3) is 0 Å². The van der Waals surface area contributed by atoms with E-state index >= 15 is 0 Å². The van der Waals surface area contributed by atoms with E-state index in [0.29, 0.717) is 0 Å². The van der Waals surface area contributed by atoms with Gasteiger partial charge in [-0.2, -0.15) is 0 Å². The lowest BCUT2D eigenvalue weighted by molar-refractivity contribution is -0.155. The summed E-state index contributed by atoms with van der Waals surface area (Å²) in [5.41, 5.74) is 0. The number of carbonyl (C=O) groups is 4. The predicted octanol–water partition coefficient (Wildman–Crippen LogP) is -0.0678. The topological polar surface area (TPSA) is 129 Å². The van der Waals surface area contributed by atoms with Crippen LogP contribution >= 0.6 is 0 Å². The Labute approximate surface area is 176 Å². The van der Waals surface area contributed by atoms with Crippen LogP contribution in [0.3, 0.4) is 0 Å². The average molecular weight is 428 g/mol. The van der Waals surface area contributed by atoms with Crippen molar-refractivity contribution in [1.29, 1.82) is 0 Å².